The molecule has 0 atom stereocenters. The van der Waals surface area contributed by atoms with Crippen LogP contribution in [0.2, 0.25) is 0 Å². The maximum atomic E-state index is 11.6. The Hall–Kier alpha value is -1.36. The van der Waals surface area contributed by atoms with E-state index in [1.807, 2.05) is 0 Å². The Bertz CT molecular complexity index is 663. The van der Waals surface area contributed by atoms with Gasteiger partial charge in [-0.25, -0.2) is 8.42 Å². The van der Waals surface area contributed by atoms with Crippen LogP contribution >= 0.6 is 0 Å². The molecular formula is C8H11NO7S2. The second kappa shape index (κ2) is 4.72. The van der Waals surface area contributed by atoms with E-state index < -0.39 is 53.5 Å². The number of phenols is 1. The molecule has 0 saturated heterocycles. The van der Waals surface area contributed by atoms with Crippen LogP contribution in [0, 0.1) is 0 Å². The van der Waals surface area contributed by atoms with Crippen LogP contribution in [-0.4, -0.2) is 44.0 Å². The quantitative estimate of drug-likeness (QED) is 0.313. The number of sulfone groups is 1. The van der Waals surface area contributed by atoms with Gasteiger partial charge in [0.25, 0.3) is 10.1 Å². The lowest BCUT2D eigenvalue weighted by Gasteiger charge is -2.08. The lowest BCUT2D eigenvalue weighted by atomic mass is 10.3. The molecule has 0 unspecified atom stereocenters. The topological polar surface area (TPSA) is 155 Å². The van der Waals surface area contributed by atoms with Gasteiger partial charge >= 0.3 is 0 Å². The van der Waals surface area contributed by atoms with Crippen LogP contribution in [0.3, 0.4) is 0 Å². The molecule has 18 heavy (non-hydrogen) atoms. The fraction of sp³-hybridized carbons (Fsp3) is 0.250. The van der Waals surface area contributed by atoms with Crippen LogP contribution in [-0.2, 0) is 20.0 Å². The zero-order chi connectivity index (χ0) is 14.1. The Labute approximate surface area is 103 Å². The van der Waals surface area contributed by atoms with Crippen LogP contribution in [0.25, 0.3) is 0 Å². The maximum Gasteiger partial charge on any atom is 0.298 e. The van der Waals surface area contributed by atoms with Crippen molar-refractivity contribution in [3.8, 4) is 5.75 Å². The molecule has 0 aliphatic rings. The summed E-state index contributed by atoms with van der Waals surface area (Å²) in [7, 11) is -8.76. The number of nitrogens with two attached hydrogens (primary N) is 1. The number of benzene rings is 1. The van der Waals surface area contributed by atoms with Crippen LogP contribution in [0.1, 0.15) is 0 Å². The maximum absolute atomic E-state index is 11.6. The molecule has 8 nitrogen and oxygen atoms in total. The molecule has 0 fully saturated rings. The minimum absolute atomic E-state index is 0.512. The Morgan fingerprint density at radius 3 is 2.17 bits per heavy atom. The number of hydrogen-bond donors (Lipinski definition) is 4. The van der Waals surface area contributed by atoms with Crippen molar-refractivity contribution in [2.24, 2.45) is 0 Å². The summed E-state index contributed by atoms with van der Waals surface area (Å²) in [5.74, 6) is -1.57. The Morgan fingerprint density at radius 1 is 1.17 bits per heavy atom. The smallest absolute Gasteiger partial charge is 0.298 e. The summed E-state index contributed by atoms with van der Waals surface area (Å²) in [6.45, 7) is -0.662. The molecule has 0 spiro atoms. The van der Waals surface area contributed by atoms with E-state index >= 15 is 0 Å². The second-order valence-corrected chi connectivity index (χ2v) is 6.88. The van der Waals surface area contributed by atoms with Crippen molar-refractivity contribution in [2.45, 2.75) is 9.79 Å². The summed E-state index contributed by atoms with van der Waals surface area (Å²) in [6, 6.07) is 1.42. The normalized spacial score (nSPS) is 12.6. The molecule has 1 aromatic carbocycles. The number of aliphatic hydroxyl groups is 1. The average molecular weight is 297 g/mol. The highest BCUT2D eigenvalue weighted by Gasteiger charge is 2.23. The van der Waals surface area contributed by atoms with Gasteiger partial charge in [-0.15, -0.1) is 0 Å². The standard InChI is InChI=1S/C8H11NO7S2/c9-6-3-5(17(12,13)2-1-10)4-7(8(6)11)18(14,15)16/h3-4,10-11H,1-2,9H2,(H,14,15,16). The molecule has 0 amide bonds. The fourth-order valence-corrected chi connectivity index (χ4v) is 3.01. The number of hydrogen-bond acceptors (Lipinski definition) is 7. The number of anilines is 1. The molecule has 0 bridgehead atoms. The van der Waals surface area contributed by atoms with Gasteiger partial charge in [0, 0.05) is 0 Å². The van der Waals surface area contributed by atoms with Gasteiger partial charge in [0.15, 0.2) is 15.6 Å². The summed E-state index contributed by atoms with van der Waals surface area (Å²) in [5, 5.41) is 17.9. The molecule has 1 aromatic rings. The van der Waals surface area contributed by atoms with Crippen LogP contribution in [0.15, 0.2) is 21.9 Å². The summed E-state index contributed by atoms with van der Waals surface area (Å²) in [4.78, 5) is -1.52. The van der Waals surface area contributed by atoms with E-state index in [1.54, 1.807) is 0 Å². The highest BCUT2D eigenvalue weighted by atomic mass is 32.2. The molecule has 0 aromatic heterocycles. The highest BCUT2D eigenvalue weighted by molar-refractivity contribution is 7.91. The number of aliphatic hydroxyl groups excluding tert-OH is 1. The van der Waals surface area contributed by atoms with Crippen molar-refractivity contribution in [3.05, 3.63) is 12.1 Å². The van der Waals surface area contributed by atoms with Crippen LogP contribution in [0.5, 0.6) is 5.75 Å². The Balaban J connectivity index is 3.58. The molecule has 0 radical (unpaired) electrons. The van der Waals surface area contributed by atoms with Gasteiger partial charge in [-0.3, -0.25) is 4.55 Å². The minimum Gasteiger partial charge on any atom is -0.504 e. The van der Waals surface area contributed by atoms with Crippen molar-refractivity contribution in [1.82, 2.24) is 0 Å². The summed E-state index contributed by atoms with van der Waals surface area (Å²) < 4.78 is 53.9. The lowest BCUT2D eigenvalue weighted by Crippen LogP contribution is -2.12. The number of phenolic OH excluding ortho intramolecular Hbond substituents is 1. The van der Waals surface area contributed by atoms with E-state index in [0.29, 0.717) is 6.07 Å². The van der Waals surface area contributed by atoms with Gasteiger partial charge in [0.1, 0.15) is 4.90 Å². The first-order valence-electron chi connectivity index (χ1n) is 4.53. The van der Waals surface area contributed by atoms with Gasteiger partial charge in [0.2, 0.25) is 0 Å². The van der Waals surface area contributed by atoms with E-state index in [0.717, 1.165) is 6.07 Å². The van der Waals surface area contributed by atoms with Gasteiger partial charge in [-0.1, -0.05) is 0 Å². The van der Waals surface area contributed by atoms with Crippen LogP contribution in [0.4, 0.5) is 5.69 Å². The minimum atomic E-state index is -4.81. The fourth-order valence-electron chi connectivity index (χ4n) is 1.22. The molecule has 0 saturated carbocycles. The molecular weight excluding hydrogens is 286 g/mol. The number of nitrogen functional groups attached to an aromatic ring is 1. The third kappa shape index (κ3) is 2.90. The van der Waals surface area contributed by atoms with E-state index in [2.05, 4.69) is 0 Å². The SMILES string of the molecule is Nc1cc(S(=O)(=O)CCO)cc(S(=O)(=O)O)c1O. The summed E-state index contributed by atoms with van der Waals surface area (Å²) in [5.41, 5.74) is 4.75. The zero-order valence-corrected chi connectivity index (χ0v) is 10.6. The van der Waals surface area contributed by atoms with E-state index in [-0.39, 0.29) is 0 Å². The first kappa shape index (κ1) is 14.7. The van der Waals surface area contributed by atoms with Crippen molar-refractivity contribution in [3.63, 3.8) is 0 Å². The second-order valence-electron chi connectivity index (χ2n) is 3.38. The Kier molecular flexibility index (Phi) is 3.86. The van der Waals surface area contributed by atoms with Crippen molar-refractivity contribution in [1.29, 1.82) is 0 Å². The van der Waals surface area contributed by atoms with Gasteiger partial charge in [0.05, 0.1) is 22.9 Å². The monoisotopic (exact) mass is 297 g/mol. The van der Waals surface area contributed by atoms with Crippen molar-refractivity contribution < 1.29 is 31.6 Å². The van der Waals surface area contributed by atoms with E-state index in [9.17, 15) is 21.9 Å². The molecule has 1 rings (SSSR count). The van der Waals surface area contributed by atoms with Crippen LogP contribution < -0.4 is 5.73 Å². The predicted octanol–water partition coefficient (Wildman–Crippen LogP) is -1.01. The van der Waals surface area contributed by atoms with Gasteiger partial charge in [-0.2, -0.15) is 8.42 Å². The molecule has 10 heteroatoms. The first-order chi connectivity index (χ1) is 8.09. The molecule has 0 heterocycles. The number of aromatic hydroxyl groups is 1. The first-order valence-corrected chi connectivity index (χ1v) is 7.62. The highest BCUT2D eigenvalue weighted by Crippen LogP contribution is 2.32. The summed E-state index contributed by atoms with van der Waals surface area (Å²) >= 11 is 0. The molecule has 0 aliphatic carbocycles. The van der Waals surface area contributed by atoms with E-state index in [1.165, 1.54) is 0 Å². The van der Waals surface area contributed by atoms with E-state index in [4.69, 9.17) is 15.4 Å². The van der Waals surface area contributed by atoms with Gasteiger partial charge in [-0.05, 0) is 12.1 Å². The third-order valence-corrected chi connectivity index (χ3v) is 4.62. The average Bonchev–Trinajstić information content (AvgIpc) is 2.19. The van der Waals surface area contributed by atoms with Crippen molar-refractivity contribution in [2.75, 3.05) is 18.1 Å². The zero-order valence-electron chi connectivity index (χ0n) is 8.94. The number of rotatable bonds is 4. The predicted molar refractivity (Wildman–Crippen MR) is 61.5 cm³/mol. The molecule has 0 aliphatic heterocycles. The third-order valence-electron chi connectivity index (χ3n) is 2.07. The Morgan fingerprint density at radius 2 is 1.72 bits per heavy atom. The lowest BCUT2D eigenvalue weighted by molar-refractivity contribution is 0.319. The molecule has 5 N–H and O–H groups in total. The molecule has 102 valence electrons. The summed E-state index contributed by atoms with van der Waals surface area (Å²) in [6.07, 6.45) is 0. The van der Waals surface area contributed by atoms with Gasteiger partial charge < -0.3 is 15.9 Å². The largest absolute Gasteiger partial charge is 0.504 e. The van der Waals surface area contributed by atoms with Crippen molar-refractivity contribution >= 4 is 25.6 Å².